The average Bonchev–Trinajstić information content (AvgIpc) is 3.55. The van der Waals surface area contributed by atoms with E-state index in [0.717, 1.165) is 33.8 Å². The number of nitrogens with zero attached hydrogens (tertiary/aromatic N) is 3. The van der Waals surface area contributed by atoms with Gasteiger partial charge in [0.2, 0.25) is 0 Å². The van der Waals surface area contributed by atoms with Crippen molar-refractivity contribution in [1.29, 1.82) is 0 Å². The summed E-state index contributed by atoms with van der Waals surface area (Å²) in [6, 6.07) is 62.5. The minimum absolute atomic E-state index is 0.705. The van der Waals surface area contributed by atoms with Crippen LogP contribution < -0.4 is 0 Å². The fourth-order valence-electron chi connectivity index (χ4n) is 7.56. The van der Waals surface area contributed by atoms with Crippen molar-refractivity contribution in [2.75, 3.05) is 0 Å². The number of benzene rings is 8. The molecule has 0 spiro atoms. The molecule has 10 aromatic rings. The Balaban J connectivity index is 1.23. The topological polar surface area (TPSA) is 30.7 Å². The number of fused-ring (bicyclic) bond motifs is 10. The number of aromatic nitrogens is 3. The molecule has 0 aliphatic carbocycles. The van der Waals surface area contributed by atoms with E-state index in [4.69, 9.17) is 9.97 Å². The minimum atomic E-state index is 0.705. The average molecular weight is 624 g/mol. The summed E-state index contributed by atoms with van der Waals surface area (Å²) < 4.78 is 2.45. The van der Waals surface area contributed by atoms with Crippen LogP contribution in [0.1, 0.15) is 0 Å². The van der Waals surface area contributed by atoms with Gasteiger partial charge in [0.15, 0.2) is 5.82 Å². The smallest absolute Gasteiger partial charge is 0.160 e. The van der Waals surface area contributed by atoms with Crippen LogP contribution in [0, 0.1) is 0 Å². The molecule has 0 saturated carbocycles. The van der Waals surface area contributed by atoms with Gasteiger partial charge in [-0.25, -0.2) is 9.97 Å². The van der Waals surface area contributed by atoms with Gasteiger partial charge in [-0.2, -0.15) is 0 Å². The highest BCUT2D eigenvalue weighted by molar-refractivity contribution is 6.35. The first kappa shape index (κ1) is 27.5. The van der Waals surface area contributed by atoms with Crippen molar-refractivity contribution >= 4 is 54.1 Å². The van der Waals surface area contributed by atoms with Gasteiger partial charge in [0.1, 0.15) is 0 Å². The second-order valence-corrected chi connectivity index (χ2v) is 12.6. The molecule has 49 heavy (non-hydrogen) atoms. The maximum Gasteiger partial charge on any atom is 0.160 e. The SMILES string of the molecule is c1ccc(-c2cc(-c3ccccc3)nc(-c3ccc(-n4c5ccc6ccccc6c5c5c6ccccc6c6ccccc6c54)cc3)n2)cc1. The summed E-state index contributed by atoms with van der Waals surface area (Å²) in [5.74, 6) is 0.705. The van der Waals surface area contributed by atoms with E-state index in [2.05, 4.69) is 168 Å². The molecule has 3 nitrogen and oxygen atoms in total. The van der Waals surface area contributed by atoms with Crippen LogP contribution in [0.15, 0.2) is 176 Å². The number of hydrogen-bond donors (Lipinski definition) is 0. The Bertz CT molecular complexity index is 2790. The van der Waals surface area contributed by atoms with Crippen molar-refractivity contribution in [3.8, 4) is 39.6 Å². The van der Waals surface area contributed by atoms with Crippen LogP contribution in [0.3, 0.4) is 0 Å². The summed E-state index contributed by atoms with van der Waals surface area (Å²) in [5, 5.41) is 10.1. The van der Waals surface area contributed by atoms with Gasteiger partial charge in [0, 0.05) is 38.5 Å². The molecule has 0 bridgehead atoms. The van der Waals surface area contributed by atoms with E-state index in [0.29, 0.717) is 5.82 Å². The lowest BCUT2D eigenvalue weighted by molar-refractivity contribution is 1.17. The first-order valence-corrected chi connectivity index (χ1v) is 16.7. The van der Waals surface area contributed by atoms with E-state index in [1.165, 1.54) is 54.1 Å². The molecule has 2 heterocycles. The van der Waals surface area contributed by atoms with Crippen molar-refractivity contribution in [1.82, 2.24) is 14.5 Å². The molecular weight excluding hydrogens is 595 g/mol. The van der Waals surface area contributed by atoms with E-state index in [1.54, 1.807) is 0 Å². The van der Waals surface area contributed by atoms with Crippen molar-refractivity contribution in [3.63, 3.8) is 0 Å². The van der Waals surface area contributed by atoms with E-state index in [1.807, 2.05) is 12.1 Å². The van der Waals surface area contributed by atoms with Crippen LogP contribution in [-0.4, -0.2) is 14.5 Å². The van der Waals surface area contributed by atoms with Gasteiger partial charge in [-0.15, -0.1) is 0 Å². The molecular formula is C46H29N3. The minimum Gasteiger partial charge on any atom is -0.309 e. The highest BCUT2D eigenvalue weighted by Gasteiger charge is 2.20. The molecule has 0 fully saturated rings. The first-order chi connectivity index (χ1) is 24.3. The molecule has 0 saturated heterocycles. The lowest BCUT2D eigenvalue weighted by Gasteiger charge is -2.13. The summed E-state index contributed by atoms with van der Waals surface area (Å²) >= 11 is 0. The summed E-state index contributed by atoms with van der Waals surface area (Å²) in [5.41, 5.74) is 8.43. The third-order valence-corrected chi connectivity index (χ3v) is 9.78. The Labute approximate surface area is 283 Å². The Kier molecular flexibility index (Phi) is 6.18. The van der Waals surface area contributed by atoms with Crippen molar-refractivity contribution in [2.24, 2.45) is 0 Å². The monoisotopic (exact) mass is 623 g/mol. The van der Waals surface area contributed by atoms with E-state index in [9.17, 15) is 0 Å². The maximum atomic E-state index is 5.08. The van der Waals surface area contributed by atoms with Crippen molar-refractivity contribution in [3.05, 3.63) is 176 Å². The van der Waals surface area contributed by atoms with Crippen LogP contribution in [0.4, 0.5) is 0 Å². The van der Waals surface area contributed by atoms with Gasteiger partial charge in [-0.05, 0) is 63.3 Å². The van der Waals surface area contributed by atoms with Crippen molar-refractivity contribution in [2.45, 2.75) is 0 Å². The quantitative estimate of drug-likeness (QED) is 0.183. The molecule has 0 aliphatic rings. The lowest BCUT2D eigenvalue weighted by atomic mass is 9.95. The van der Waals surface area contributed by atoms with Crippen LogP contribution >= 0.6 is 0 Å². The molecule has 0 radical (unpaired) electrons. The largest absolute Gasteiger partial charge is 0.309 e. The van der Waals surface area contributed by atoms with Crippen molar-refractivity contribution < 1.29 is 0 Å². The zero-order valence-electron chi connectivity index (χ0n) is 26.6. The highest BCUT2D eigenvalue weighted by atomic mass is 15.0. The first-order valence-electron chi connectivity index (χ1n) is 16.7. The number of rotatable bonds is 4. The zero-order chi connectivity index (χ0) is 32.3. The molecule has 0 aliphatic heterocycles. The molecule has 3 heteroatoms. The van der Waals surface area contributed by atoms with Crippen LogP contribution in [-0.2, 0) is 0 Å². The third kappa shape index (κ3) is 4.37. The van der Waals surface area contributed by atoms with Crippen LogP contribution in [0.2, 0.25) is 0 Å². The predicted molar refractivity (Wildman–Crippen MR) is 205 cm³/mol. The standard InChI is InChI=1S/C46H29N3/c1-3-14-31(15-4-1)40-29-41(32-16-5-2-6-17-32)48-46(47-40)33-23-26-34(27-24-33)49-42-28-25-30-13-7-8-18-35(30)43(42)44-38-21-11-9-19-36(38)37-20-10-12-22-39(37)45(44)49/h1-29H. The summed E-state index contributed by atoms with van der Waals surface area (Å²) in [4.78, 5) is 10.2. The highest BCUT2D eigenvalue weighted by Crippen LogP contribution is 2.44. The normalized spacial score (nSPS) is 11.7. The fourth-order valence-corrected chi connectivity index (χ4v) is 7.56. The molecule has 0 atom stereocenters. The molecule has 228 valence electrons. The predicted octanol–water partition coefficient (Wildman–Crippen LogP) is 12.0. The summed E-state index contributed by atoms with van der Waals surface area (Å²) in [6.45, 7) is 0. The van der Waals surface area contributed by atoms with Crippen LogP contribution in [0.5, 0.6) is 0 Å². The Morgan fingerprint density at radius 1 is 0.367 bits per heavy atom. The third-order valence-electron chi connectivity index (χ3n) is 9.78. The van der Waals surface area contributed by atoms with Gasteiger partial charge in [-0.3, -0.25) is 0 Å². The molecule has 0 unspecified atom stereocenters. The molecule has 10 rings (SSSR count). The molecule has 2 aromatic heterocycles. The van der Waals surface area contributed by atoms with Gasteiger partial charge >= 0.3 is 0 Å². The summed E-state index contributed by atoms with van der Waals surface area (Å²) in [6.07, 6.45) is 0. The maximum absolute atomic E-state index is 5.08. The van der Waals surface area contributed by atoms with E-state index in [-0.39, 0.29) is 0 Å². The van der Waals surface area contributed by atoms with Gasteiger partial charge in [-0.1, -0.05) is 140 Å². The van der Waals surface area contributed by atoms with E-state index < -0.39 is 0 Å². The summed E-state index contributed by atoms with van der Waals surface area (Å²) in [7, 11) is 0. The molecule has 0 N–H and O–H groups in total. The molecule has 8 aromatic carbocycles. The van der Waals surface area contributed by atoms with Crippen LogP contribution in [0.25, 0.3) is 93.7 Å². The molecule has 0 amide bonds. The Morgan fingerprint density at radius 3 is 1.55 bits per heavy atom. The van der Waals surface area contributed by atoms with Gasteiger partial charge in [0.25, 0.3) is 0 Å². The van der Waals surface area contributed by atoms with Gasteiger partial charge < -0.3 is 4.57 Å². The van der Waals surface area contributed by atoms with Gasteiger partial charge in [0.05, 0.1) is 22.4 Å². The number of hydrogen-bond acceptors (Lipinski definition) is 2. The lowest BCUT2D eigenvalue weighted by Crippen LogP contribution is -1.97. The Morgan fingerprint density at radius 2 is 0.898 bits per heavy atom. The second kappa shape index (κ2) is 11.0. The fraction of sp³-hybridized carbons (Fsp3) is 0. The Hall–Kier alpha value is -6.58. The van der Waals surface area contributed by atoms with E-state index >= 15 is 0 Å². The zero-order valence-corrected chi connectivity index (χ0v) is 26.6. The second-order valence-electron chi connectivity index (χ2n) is 12.6.